The molecule has 1 aromatic heterocycles. The van der Waals surface area contributed by atoms with Gasteiger partial charge in [-0.25, -0.2) is 4.98 Å². The van der Waals surface area contributed by atoms with E-state index in [1.807, 2.05) is 0 Å². The van der Waals surface area contributed by atoms with Crippen LogP contribution in [0.3, 0.4) is 0 Å². The van der Waals surface area contributed by atoms with Gasteiger partial charge in [0, 0.05) is 25.6 Å². The van der Waals surface area contributed by atoms with Crippen LogP contribution in [0.5, 0.6) is 5.88 Å². The van der Waals surface area contributed by atoms with Gasteiger partial charge in [0.05, 0.1) is 13.2 Å². The first-order chi connectivity index (χ1) is 9.35. The monoisotopic (exact) mass is 265 g/mol. The fourth-order valence-corrected chi connectivity index (χ4v) is 2.45. The topological polar surface area (TPSA) is 56.3 Å². The second-order valence-electron chi connectivity index (χ2n) is 4.92. The molecule has 2 rings (SSSR count). The van der Waals surface area contributed by atoms with E-state index in [2.05, 4.69) is 22.2 Å². The molecule has 0 bridgehead atoms. The predicted octanol–water partition coefficient (Wildman–Crippen LogP) is 1.95. The highest BCUT2D eigenvalue weighted by molar-refractivity contribution is 5.21. The molecule has 0 spiro atoms. The molecule has 2 heterocycles. The van der Waals surface area contributed by atoms with Crippen molar-refractivity contribution in [1.29, 1.82) is 0 Å². The summed E-state index contributed by atoms with van der Waals surface area (Å²) in [5.41, 5.74) is 0.908. The SMILES string of the molecule is CCCNC(CC1CCOC1)c1nccnc1OC. The van der Waals surface area contributed by atoms with Gasteiger partial charge in [0.1, 0.15) is 5.69 Å². The van der Waals surface area contributed by atoms with Gasteiger partial charge in [-0.1, -0.05) is 6.92 Å². The van der Waals surface area contributed by atoms with Crippen LogP contribution in [-0.2, 0) is 4.74 Å². The van der Waals surface area contributed by atoms with E-state index < -0.39 is 0 Å². The number of nitrogens with one attached hydrogen (secondary N) is 1. The number of hydrogen-bond donors (Lipinski definition) is 1. The van der Waals surface area contributed by atoms with Crippen LogP contribution in [0, 0.1) is 5.92 Å². The predicted molar refractivity (Wildman–Crippen MR) is 73.2 cm³/mol. The van der Waals surface area contributed by atoms with Crippen molar-refractivity contribution >= 4 is 0 Å². The molecule has 0 amide bonds. The molecule has 0 aliphatic carbocycles. The average Bonchev–Trinajstić information content (AvgIpc) is 2.96. The van der Waals surface area contributed by atoms with Gasteiger partial charge in [0.15, 0.2) is 0 Å². The Labute approximate surface area is 114 Å². The largest absolute Gasteiger partial charge is 0.480 e. The number of aromatic nitrogens is 2. The minimum Gasteiger partial charge on any atom is -0.480 e. The highest BCUT2D eigenvalue weighted by Gasteiger charge is 2.24. The normalized spacial score (nSPS) is 20.4. The van der Waals surface area contributed by atoms with Crippen LogP contribution in [-0.4, -0.2) is 36.8 Å². The molecule has 19 heavy (non-hydrogen) atoms. The molecule has 0 saturated carbocycles. The summed E-state index contributed by atoms with van der Waals surface area (Å²) in [4.78, 5) is 8.70. The van der Waals surface area contributed by atoms with Crippen molar-refractivity contribution in [3.8, 4) is 5.88 Å². The lowest BCUT2D eigenvalue weighted by Gasteiger charge is -2.21. The molecule has 5 nitrogen and oxygen atoms in total. The van der Waals surface area contributed by atoms with Gasteiger partial charge in [-0.2, -0.15) is 0 Å². The smallest absolute Gasteiger partial charge is 0.236 e. The van der Waals surface area contributed by atoms with Gasteiger partial charge in [-0.3, -0.25) is 4.98 Å². The molecule has 1 aromatic rings. The Morgan fingerprint density at radius 2 is 2.32 bits per heavy atom. The van der Waals surface area contributed by atoms with Crippen molar-refractivity contribution < 1.29 is 9.47 Å². The van der Waals surface area contributed by atoms with Crippen molar-refractivity contribution in [1.82, 2.24) is 15.3 Å². The molecule has 0 radical (unpaired) electrons. The molecule has 2 atom stereocenters. The van der Waals surface area contributed by atoms with Gasteiger partial charge in [0.2, 0.25) is 5.88 Å². The highest BCUT2D eigenvalue weighted by atomic mass is 16.5. The fraction of sp³-hybridized carbons (Fsp3) is 0.714. The van der Waals surface area contributed by atoms with Crippen molar-refractivity contribution in [3.63, 3.8) is 0 Å². The summed E-state index contributed by atoms with van der Waals surface area (Å²) in [7, 11) is 1.64. The maximum atomic E-state index is 5.46. The Bertz CT molecular complexity index is 381. The van der Waals surface area contributed by atoms with Crippen LogP contribution >= 0.6 is 0 Å². The lowest BCUT2D eigenvalue weighted by Crippen LogP contribution is -2.26. The summed E-state index contributed by atoms with van der Waals surface area (Å²) >= 11 is 0. The Balaban J connectivity index is 2.10. The molecule has 0 aromatic carbocycles. The zero-order valence-corrected chi connectivity index (χ0v) is 11.8. The average molecular weight is 265 g/mol. The van der Waals surface area contributed by atoms with Crippen molar-refractivity contribution in [3.05, 3.63) is 18.1 Å². The minimum absolute atomic E-state index is 0.190. The Kier molecular flexibility index (Phi) is 5.54. The molecule has 1 aliphatic rings. The molecule has 1 aliphatic heterocycles. The third-order valence-electron chi connectivity index (χ3n) is 3.45. The zero-order valence-electron chi connectivity index (χ0n) is 11.8. The number of nitrogens with zero attached hydrogens (tertiary/aromatic N) is 2. The Hall–Kier alpha value is -1.20. The third-order valence-corrected chi connectivity index (χ3v) is 3.45. The van der Waals surface area contributed by atoms with Gasteiger partial charge in [0.25, 0.3) is 0 Å². The van der Waals surface area contributed by atoms with E-state index in [1.165, 1.54) is 0 Å². The standard InChI is InChI=1S/C14H23N3O2/c1-3-5-15-12(9-11-4-8-19-10-11)13-14(18-2)17-7-6-16-13/h6-7,11-12,15H,3-5,8-10H2,1-2H3. The van der Waals surface area contributed by atoms with Crippen molar-refractivity contribution in [2.45, 2.75) is 32.2 Å². The fourth-order valence-electron chi connectivity index (χ4n) is 2.45. The maximum absolute atomic E-state index is 5.46. The number of hydrogen-bond acceptors (Lipinski definition) is 5. The lowest BCUT2D eigenvalue weighted by atomic mass is 9.97. The first-order valence-corrected chi connectivity index (χ1v) is 7.01. The third kappa shape index (κ3) is 3.88. The van der Waals surface area contributed by atoms with Crippen LogP contribution in [0.25, 0.3) is 0 Å². The van der Waals surface area contributed by atoms with E-state index in [4.69, 9.17) is 9.47 Å². The quantitative estimate of drug-likeness (QED) is 0.816. The van der Waals surface area contributed by atoms with Crippen LogP contribution in [0.15, 0.2) is 12.4 Å². The summed E-state index contributed by atoms with van der Waals surface area (Å²) in [6.45, 7) is 4.87. The molecule has 2 unspecified atom stereocenters. The Morgan fingerprint density at radius 3 is 3.00 bits per heavy atom. The van der Waals surface area contributed by atoms with Crippen LogP contribution in [0.2, 0.25) is 0 Å². The van der Waals surface area contributed by atoms with Gasteiger partial charge < -0.3 is 14.8 Å². The number of rotatable bonds is 7. The Morgan fingerprint density at radius 1 is 1.47 bits per heavy atom. The molecule has 106 valence electrons. The zero-order chi connectivity index (χ0) is 13.5. The van der Waals surface area contributed by atoms with E-state index in [0.717, 1.165) is 44.7 Å². The van der Waals surface area contributed by atoms with Crippen LogP contribution in [0.1, 0.15) is 37.9 Å². The molecule has 5 heteroatoms. The maximum Gasteiger partial charge on any atom is 0.236 e. The summed E-state index contributed by atoms with van der Waals surface area (Å²) in [5, 5.41) is 3.55. The summed E-state index contributed by atoms with van der Waals surface area (Å²) < 4.78 is 10.8. The van der Waals surface area contributed by atoms with Crippen LogP contribution in [0.4, 0.5) is 0 Å². The van der Waals surface area contributed by atoms with E-state index in [0.29, 0.717) is 11.8 Å². The second kappa shape index (κ2) is 7.40. The lowest BCUT2D eigenvalue weighted by molar-refractivity contribution is 0.181. The van der Waals surface area contributed by atoms with E-state index in [1.54, 1.807) is 19.5 Å². The van der Waals surface area contributed by atoms with Crippen molar-refractivity contribution in [2.24, 2.45) is 5.92 Å². The van der Waals surface area contributed by atoms with Gasteiger partial charge >= 0.3 is 0 Å². The molecule has 1 fully saturated rings. The van der Waals surface area contributed by atoms with E-state index in [9.17, 15) is 0 Å². The van der Waals surface area contributed by atoms with Gasteiger partial charge in [-0.05, 0) is 31.7 Å². The molecular weight excluding hydrogens is 242 g/mol. The highest BCUT2D eigenvalue weighted by Crippen LogP contribution is 2.29. The molecule has 1 saturated heterocycles. The number of ether oxygens (including phenoxy) is 2. The second-order valence-corrected chi connectivity index (χ2v) is 4.92. The summed E-state index contributed by atoms with van der Waals surface area (Å²) in [6, 6.07) is 0.190. The van der Waals surface area contributed by atoms with E-state index in [-0.39, 0.29) is 6.04 Å². The first-order valence-electron chi connectivity index (χ1n) is 7.01. The van der Waals surface area contributed by atoms with Gasteiger partial charge in [-0.15, -0.1) is 0 Å². The summed E-state index contributed by atoms with van der Waals surface area (Å²) in [5.74, 6) is 1.22. The summed E-state index contributed by atoms with van der Waals surface area (Å²) in [6.07, 6.45) is 6.64. The van der Waals surface area contributed by atoms with Crippen LogP contribution < -0.4 is 10.1 Å². The molecular formula is C14H23N3O2. The minimum atomic E-state index is 0.190. The molecule has 1 N–H and O–H groups in total. The van der Waals surface area contributed by atoms with Crippen molar-refractivity contribution in [2.75, 3.05) is 26.9 Å². The number of methoxy groups -OCH3 is 1. The van der Waals surface area contributed by atoms with E-state index >= 15 is 0 Å². The first kappa shape index (κ1) is 14.2.